The van der Waals surface area contributed by atoms with Gasteiger partial charge in [-0.1, -0.05) is 36.4 Å². The number of ether oxygens (including phenoxy) is 2. The third-order valence-electron chi connectivity index (χ3n) is 4.10. The summed E-state index contributed by atoms with van der Waals surface area (Å²) in [5.74, 6) is 0.920. The lowest BCUT2D eigenvalue weighted by Crippen LogP contribution is -2.36. The van der Waals surface area contributed by atoms with Gasteiger partial charge in [0, 0.05) is 23.3 Å². The highest BCUT2D eigenvalue weighted by molar-refractivity contribution is 7.98. The van der Waals surface area contributed by atoms with Gasteiger partial charge in [-0.25, -0.2) is 4.79 Å². The molecule has 0 saturated heterocycles. The van der Waals surface area contributed by atoms with Crippen LogP contribution in [-0.4, -0.2) is 23.7 Å². The number of methoxy groups -OCH3 is 1. The Morgan fingerprint density at radius 3 is 2.58 bits per heavy atom. The van der Waals surface area contributed by atoms with E-state index in [1.807, 2.05) is 26.8 Å². The molecule has 26 heavy (non-hydrogen) atoms. The third kappa shape index (κ3) is 4.40. The molecular weight excluding hydrogens is 346 g/mol. The van der Waals surface area contributed by atoms with E-state index >= 15 is 0 Å². The summed E-state index contributed by atoms with van der Waals surface area (Å²) in [4.78, 5) is 15.3. The molecule has 0 spiro atoms. The van der Waals surface area contributed by atoms with Crippen molar-refractivity contribution in [1.29, 1.82) is 0 Å². The van der Waals surface area contributed by atoms with Crippen LogP contribution in [0.1, 0.15) is 43.7 Å². The first-order chi connectivity index (χ1) is 12.4. The van der Waals surface area contributed by atoms with E-state index in [0.29, 0.717) is 6.54 Å². The molecule has 2 aromatic rings. The average molecular weight is 372 g/mol. The minimum Gasteiger partial charge on any atom is -0.444 e. The van der Waals surface area contributed by atoms with Crippen LogP contribution in [0.3, 0.4) is 0 Å². The van der Waals surface area contributed by atoms with Crippen LogP contribution >= 0.6 is 11.8 Å². The summed E-state index contributed by atoms with van der Waals surface area (Å²) in [6.45, 7) is 6.11. The predicted molar refractivity (Wildman–Crippen MR) is 104 cm³/mol. The fraction of sp³-hybridized carbons (Fsp3) is 0.381. The minimum atomic E-state index is -0.527. The molecule has 0 saturated carbocycles. The highest BCUT2D eigenvalue weighted by Gasteiger charge is 2.36. The topological polar surface area (TPSA) is 38.8 Å². The molecule has 3 rings (SSSR count). The first-order valence-electron chi connectivity index (χ1n) is 8.69. The van der Waals surface area contributed by atoms with Crippen molar-refractivity contribution in [1.82, 2.24) is 4.90 Å². The molecule has 138 valence electrons. The number of fused-ring (bicyclic) bond motifs is 1. The van der Waals surface area contributed by atoms with E-state index in [1.54, 1.807) is 23.8 Å². The van der Waals surface area contributed by atoms with Crippen molar-refractivity contribution in [2.24, 2.45) is 0 Å². The van der Waals surface area contributed by atoms with Crippen LogP contribution in [0.15, 0.2) is 53.4 Å². The van der Waals surface area contributed by atoms with E-state index < -0.39 is 11.8 Å². The smallest absolute Gasteiger partial charge is 0.412 e. The fourth-order valence-corrected chi connectivity index (χ4v) is 3.88. The van der Waals surface area contributed by atoms with Crippen LogP contribution < -0.4 is 0 Å². The maximum absolute atomic E-state index is 12.5. The van der Waals surface area contributed by atoms with E-state index in [2.05, 4.69) is 42.5 Å². The highest BCUT2D eigenvalue weighted by atomic mass is 32.2. The number of benzene rings is 2. The molecule has 1 atom stereocenters. The van der Waals surface area contributed by atoms with Gasteiger partial charge < -0.3 is 9.47 Å². The molecule has 0 bridgehead atoms. The highest BCUT2D eigenvalue weighted by Crippen LogP contribution is 2.37. The molecule has 2 aromatic carbocycles. The fourth-order valence-electron chi connectivity index (χ4n) is 2.96. The number of rotatable bonds is 4. The molecule has 5 heteroatoms. The van der Waals surface area contributed by atoms with Crippen molar-refractivity contribution in [2.45, 2.75) is 49.8 Å². The summed E-state index contributed by atoms with van der Waals surface area (Å²) >= 11 is 1.79. The number of carbonyl (C=O) groups excluding carboxylic acids is 1. The summed E-state index contributed by atoms with van der Waals surface area (Å²) in [6, 6.07) is 16.7. The summed E-state index contributed by atoms with van der Waals surface area (Å²) in [5.41, 5.74) is 2.91. The maximum atomic E-state index is 12.5. The molecule has 0 aromatic heterocycles. The van der Waals surface area contributed by atoms with Crippen LogP contribution in [0.5, 0.6) is 0 Å². The second-order valence-electron chi connectivity index (χ2n) is 7.33. The standard InChI is InChI=1S/C21H25NO3S/c1-21(2,3)25-20(23)22-13-16-12-17(10-11-18(16)19(22)24-4)26-14-15-8-6-5-7-9-15/h5-12,19H,13-14H2,1-4H3. The number of hydrogen-bond donors (Lipinski definition) is 0. The van der Waals surface area contributed by atoms with Gasteiger partial charge in [-0.15, -0.1) is 11.8 Å². The van der Waals surface area contributed by atoms with Crippen LogP contribution in [0.4, 0.5) is 4.79 Å². The SMILES string of the molecule is COC1c2ccc(SCc3ccccc3)cc2CN1C(=O)OC(C)(C)C. The molecule has 0 N–H and O–H groups in total. The Morgan fingerprint density at radius 1 is 1.19 bits per heavy atom. The first-order valence-corrected chi connectivity index (χ1v) is 9.68. The molecule has 4 nitrogen and oxygen atoms in total. The predicted octanol–water partition coefficient (Wildman–Crippen LogP) is 5.37. The first kappa shape index (κ1) is 18.8. The zero-order valence-corrected chi connectivity index (χ0v) is 16.5. The maximum Gasteiger partial charge on any atom is 0.412 e. The summed E-state index contributed by atoms with van der Waals surface area (Å²) in [6.07, 6.45) is -0.743. The van der Waals surface area contributed by atoms with Crippen LogP contribution in [0.2, 0.25) is 0 Å². The van der Waals surface area contributed by atoms with Gasteiger partial charge in [-0.05, 0) is 44.0 Å². The zero-order chi connectivity index (χ0) is 18.7. The lowest BCUT2D eigenvalue weighted by molar-refractivity contribution is -0.0448. The molecule has 0 radical (unpaired) electrons. The van der Waals surface area contributed by atoms with Crippen LogP contribution in [0.25, 0.3) is 0 Å². The quantitative estimate of drug-likeness (QED) is 0.677. The average Bonchev–Trinajstić information content (AvgIpc) is 2.97. The van der Waals surface area contributed by atoms with E-state index in [0.717, 1.165) is 16.9 Å². The third-order valence-corrected chi connectivity index (χ3v) is 5.17. The Bertz CT molecular complexity index is 771. The second kappa shape index (κ2) is 7.72. The van der Waals surface area contributed by atoms with Gasteiger partial charge in [0.2, 0.25) is 0 Å². The lowest BCUT2D eigenvalue weighted by Gasteiger charge is -2.27. The number of hydrogen-bond acceptors (Lipinski definition) is 4. The Hall–Kier alpha value is -1.98. The van der Waals surface area contributed by atoms with Gasteiger partial charge in [0.1, 0.15) is 5.60 Å². The summed E-state index contributed by atoms with van der Waals surface area (Å²) in [7, 11) is 1.62. The molecule has 1 unspecified atom stereocenters. The van der Waals surface area contributed by atoms with Crippen LogP contribution in [0, 0.1) is 0 Å². The number of carbonyl (C=O) groups is 1. The zero-order valence-electron chi connectivity index (χ0n) is 15.7. The molecule has 0 aliphatic carbocycles. The van der Waals surface area contributed by atoms with Crippen molar-refractivity contribution >= 4 is 17.9 Å². The van der Waals surface area contributed by atoms with E-state index in [4.69, 9.17) is 9.47 Å². The number of nitrogens with zero attached hydrogens (tertiary/aromatic N) is 1. The van der Waals surface area contributed by atoms with Gasteiger partial charge in [0.05, 0.1) is 6.54 Å². The lowest BCUT2D eigenvalue weighted by atomic mass is 10.1. The Kier molecular flexibility index (Phi) is 5.58. The molecule has 1 aliphatic heterocycles. The van der Waals surface area contributed by atoms with Crippen molar-refractivity contribution in [3.05, 3.63) is 65.2 Å². The van der Waals surface area contributed by atoms with Crippen LogP contribution in [-0.2, 0) is 21.8 Å². The molecule has 1 aliphatic rings. The summed E-state index contributed by atoms with van der Waals surface area (Å²) < 4.78 is 11.1. The Balaban J connectivity index is 1.73. The van der Waals surface area contributed by atoms with E-state index in [-0.39, 0.29) is 6.09 Å². The van der Waals surface area contributed by atoms with Crippen molar-refractivity contribution in [3.8, 4) is 0 Å². The van der Waals surface area contributed by atoms with E-state index in [9.17, 15) is 4.79 Å². The van der Waals surface area contributed by atoms with E-state index in [1.165, 1.54) is 10.5 Å². The molecular formula is C21H25NO3S. The largest absolute Gasteiger partial charge is 0.444 e. The molecule has 0 fully saturated rings. The van der Waals surface area contributed by atoms with Gasteiger partial charge in [-0.3, -0.25) is 4.90 Å². The second-order valence-corrected chi connectivity index (χ2v) is 8.38. The molecule has 1 amide bonds. The van der Waals surface area contributed by atoms with Gasteiger partial charge >= 0.3 is 6.09 Å². The monoisotopic (exact) mass is 371 g/mol. The van der Waals surface area contributed by atoms with Crippen molar-refractivity contribution < 1.29 is 14.3 Å². The summed E-state index contributed by atoms with van der Waals surface area (Å²) in [5, 5.41) is 0. The number of thioether (sulfide) groups is 1. The Labute approximate surface area is 159 Å². The van der Waals surface area contributed by atoms with Crippen molar-refractivity contribution in [2.75, 3.05) is 7.11 Å². The van der Waals surface area contributed by atoms with Gasteiger partial charge in [0.25, 0.3) is 0 Å². The van der Waals surface area contributed by atoms with Gasteiger partial charge in [0.15, 0.2) is 6.23 Å². The minimum absolute atomic E-state index is 0.348. The molecule has 1 heterocycles. The number of amides is 1. The van der Waals surface area contributed by atoms with Crippen molar-refractivity contribution in [3.63, 3.8) is 0 Å². The Morgan fingerprint density at radius 2 is 1.92 bits per heavy atom. The van der Waals surface area contributed by atoms with Gasteiger partial charge in [-0.2, -0.15) is 0 Å². The normalized spacial score (nSPS) is 16.5.